The number of hydrogen-bond donors (Lipinski definition) is 2. The number of hydrogen-bond acceptors (Lipinski definition) is 6. The first-order valence-corrected chi connectivity index (χ1v) is 10.4. The zero-order chi connectivity index (χ0) is 22.8. The topological polar surface area (TPSA) is 120 Å². The molecule has 32 heavy (non-hydrogen) atoms. The fourth-order valence-electron chi connectivity index (χ4n) is 4.06. The van der Waals surface area contributed by atoms with Crippen LogP contribution in [0.4, 0.5) is 5.69 Å². The van der Waals surface area contributed by atoms with Crippen molar-refractivity contribution in [1.82, 2.24) is 4.57 Å². The normalized spacial score (nSPS) is 11.9. The second kappa shape index (κ2) is 8.76. The number of methoxy groups -OCH3 is 1. The van der Waals surface area contributed by atoms with Crippen LogP contribution in [0.3, 0.4) is 0 Å². The molecule has 3 N–H and O–H groups in total. The van der Waals surface area contributed by atoms with Crippen molar-refractivity contribution < 1.29 is 19.1 Å². The third-order valence-electron chi connectivity index (χ3n) is 5.58. The van der Waals surface area contributed by atoms with E-state index in [1.807, 2.05) is 12.1 Å². The van der Waals surface area contributed by atoms with Crippen LogP contribution >= 0.6 is 0 Å². The highest BCUT2D eigenvalue weighted by Crippen LogP contribution is 2.39. The average Bonchev–Trinajstić information content (AvgIpc) is 3.10. The van der Waals surface area contributed by atoms with E-state index >= 15 is 0 Å². The second-order valence-corrected chi connectivity index (χ2v) is 7.58. The van der Waals surface area contributed by atoms with Crippen LogP contribution in [-0.4, -0.2) is 35.9 Å². The number of fused-ring (bicyclic) bond motifs is 5. The van der Waals surface area contributed by atoms with E-state index in [0.717, 1.165) is 5.56 Å². The molecule has 164 valence electrons. The van der Waals surface area contributed by atoms with E-state index in [4.69, 9.17) is 5.73 Å². The average molecular weight is 433 g/mol. The molecule has 2 aromatic carbocycles. The van der Waals surface area contributed by atoms with E-state index in [-0.39, 0.29) is 30.1 Å². The Balaban J connectivity index is 1.81. The van der Waals surface area contributed by atoms with Gasteiger partial charge in [-0.25, -0.2) is 0 Å². The van der Waals surface area contributed by atoms with Crippen LogP contribution in [0.5, 0.6) is 0 Å². The lowest BCUT2D eigenvalue weighted by atomic mass is 10.0. The predicted octanol–water partition coefficient (Wildman–Crippen LogP) is 2.45. The first-order chi connectivity index (χ1) is 15.5. The molecule has 0 atom stereocenters. The number of nitrogens with zero attached hydrogens (tertiary/aromatic N) is 1. The molecule has 3 aromatic rings. The molecular formula is C24H23N3O5. The van der Waals surface area contributed by atoms with Crippen molar-refractivity contribution in [3.8, 4) is 11.3 Å². The molecule has 0 unspecified atom stereocenters. The smallest absolute Gasteiger partial charge is 0.306 e. The van der Waals surface area contributed by atoms with Gasteiger partial charge < -0.3 is 20.4 Å². The van der Waals surface area contributed by atoms with Gasteiger partial charge in [-0.05, 0) is 25.1 Å². The molecule has 1 heterocycles. The van der Waals surface area contributed by atoms with Crippen molar-refractivity contribution in [3.05, 3.63) is 63.9 Å². The molecule has 1 aliphatic carbocycles. The van der Waals surface area contributed by atoms with Crippen molar-refractivity contribution in [2.24, 2.45) is 5.73 Å². The minimum Gasteiger partial charge on any atom is -0.469 e. The summed E-state index contributed by atoms with van der Waals surface area (Å²) in [7, 11) is 1.26. The van der Waals surface area contributed by atoms with Gasteiger partial charge in [0.05, 0.1) is 30.2 Å². The highest BCUT2D eigenvalue weighted by molar-refractivity contribution is 6.26. The third kappa shape index (κ3) is 3.69. The number of ether oxygens (including phenoxy) is 1. The van der Waals surface area contributed by atoms with Crippen molar-refractivity contribution in [3.63, 3.8) is 0 Å². The van der Waals surface area contributed by atoms with Gasteiger partial charge >= 0.3 is 5.97 Å². The summed E-state index contributed by atoms with van der Waals surface area (Å²) in [6.07, 6.45) is 0.504. The Hall–Kier alpha value is -3.78. The van der Waals surface area contributed by atoms with Crippen LogP contribution in [0.15, 0.2) is 47.3 Å². The number of benzene rings is 2. The molecule has 1 amide bonds. The Kier molecular flexibility index (Phi) is 5.87. The molecule has 8 heteroatoms. The maximum atomic E-state index is 13.4. The lowest BCUT2D eigenvalue weighted by molar-refractivity contribution is -0.141. The summed E-state index contributed by atoms with van der Waals surface area (Å²) in [5.41, 5.74) is 8.26. The minimum absolute atomic E-state index is 0.0383. The predicted molar refractivity (Wildman–Crippen MR) is 121 cm³/mol. The first-order valence-electron chi connectivity index (χ1n) is 10.4. The first kappa shape index (κ1) is 21.5. The molecule has 1 aromatic heterocycles. The van der Waals surface area contributed by atoms with Gasteiger partial charge in [-0.1, -0.05) is 30.3 Å². The number of pyridine rings is 1. The van der Waals surface area contributed by atoms with Crippen LogP contribution in [0.25, 0.3) is 22.0 Å². The molecule has 0 spiro atoms. The molecule has 0 radical (unpaired) electrons. The van der Waals surface area contributed by atoms with Gasteiger partial charge in [-0.2, -0.15) is 0 Å². The van der Waals surface area contributed by atoms with Gasteiger partial charge in [0.15, 0.2) is 5.78 Å². The second-order valence-electron chi connectivity index (χ2n) is 7.58. The summed E-state index contributed by atoms with van der Waals surface area (Å²) in [5, 5.41) is 3.58. The van der Waals surface area contributed by atoms with Gasteiger partial charge in [-0.15, -0.1) is 0 Å². The van der Waals surface area contributed by atoms with Gasteiger partial charge in [0.2, 0.25) is 5.91 Å². The highest BCUT2D eigenvalue weighted by Gasteiger charge is 2.32. The fourth-order valence-corrected chi connectivity index (χ4v) is 4.06. The number of ketones is 1. The van der Waals surface area contributed by atoms with Gasteiger partial charge in [0.25, 0.3) is 5.56 Å². The summed E-state index contributed by atoms with van der Waals surface area (Å²) in [6, 6.07) is 12.2. The zero-order valence-corrected chi connectivity index (χ0v) is 17.6. The fraction of sp³-hybridized carbons (Fsp3) is 0.250. The number of esters is 1. The molecule has 4 rings (SSSR count). The van der Waals surface area contributed by atoms with Crippen LogP contribution < -0.4 is 16.6 Å². The minimum atomic E-state index is -0.477. The Morgan fingerprint density at radius 2 is 1.78 bits per heavy atom. The van der Waals surface area contributed by atoms with E-state index in [0.29, 0.717) is 52.8 Å². The number of aromatic nitrogens is 1. The summed E-state index contributed by atoms with van der Waals surface area (Å²) in [4.78, 5) is 50.1. The Bertz CT molecular complexity index is 1310. The summed E-state index contributed by atoms with van der Waals surface area (Å²) in [6.45, 7) is 0.788. The zero-order valence-electron chi connectivity index (χ0n) is 17.6. The number of rotatable bonds is 7. The van der Waals surface area contributed by atoms with Crippen LogP contribution in [-0.2, 0) is 20.9 Å². The van der Waals surface area contributed by atoms with Gasteiger partial charge in [0.1, 0.15) is 0 Å². The third-order valence-corrected chi connectivity index (χ3v) is 5.58. The molecule has 0 bridgehead atoms. The Morgan fingerprint density at radius 3 is 2.50 bits per heavy atom. The molecule has 0 fully saturated rings. The van der Waals surface area contributed by atoms with E-state index in [2.05, 4.69) is 10.1 Å². The van der Waals surface area contributed by atoms with Crippen LogP contribution in [0.1, 0.15) is 35.2 Å². The number of carbonyl (C=O) groups is 3. The number of anilines is 1. The van der Waals surface area contributed by atoms with Crippen LogP contribution in [0, 0.1) is 0 Å². The van der Waals surface area contributed by atoms with Crippen molar-refractivity contribution in [2.45, 2.75) is 25.8 Å². The highest BCUT2D eigenvalue weighted by atomic mass is 16.5. The molecule has 0 aliphatic heterocycles. The van der Waals surface area contributed by atoms with Crippen molar-refractivity contribution in [2.75, 3.05) is 19.0 Å². The maximum Gasteiger partial charge on any atom is 0.306 e. The van der Waals surface area contributed by atoms with E-state index in [9.17, 15) is 19.2 Å². The quantitative estimate of drug-likeness (QED) is 0.432. The van der Waals surface area contributed by atoms with Gasteiger partial charge in [-0.3, -0.25) is 19.2 Å². The van der Waals surface area contributed by atoms with E-state index < -0.39 is 5.97 Å². The number of amides is 1. The van der Waals surface area contributed by atoms with Gasteiger partial charge in [0, 0.05) is 35.2 Å². The maximum absolute atomic E-state index is 13.4. The molecular weight excluding hydrogens is 410 g/mol. The lowest BCUT2D eigenvalue weighted by Gasteiger charge is -2.15. The Morgan fingerprint density at radius 1 is 1.03 bits per heavy atom. The van der Waals surface area contributed by atoms with Crippen molar-refractivity contribution in [1.29, 1.82) is 0 Å². The number of carbonyl (C=O) groups excluding carboxylic acids is 3. The summed E-state index contributed by atoms with van der Waals surface area (Å²) >= 11 is 0. The SMILES string of the molecule is COC(=O)CCC(=O)Nc1ccc2c3c(n(CCCN)c(=O)c2c1)-c1ccccc1C3=O. The summed E-state index contributed by atoms with van der Waals surface area (Å²) in [5.74, 6) is -0.977. The molecule has 0 saturated heterocycles. The van der Waals surface area contributed by atoms with Crippen molar-refractivity contribution >= 4 is 34.1 Å². The Labute approximate surface area is 184 Å². The van der Waals surface area contributed by atoms with E-state index in [1.54, 1.807) is 34.9 Å². The monoisotopic (exact) mass is 433 g/mol. The molecule has 1 aliphatic rings. The lowest BCUT2D eigenvalue weighted by Crippen LogP contribution is -2.24. The molecule has 0 saturated carbocycles. The molecule has 8 nitrogen and oxygen atoms in total. The standard InChI is InChI=1S/C24H23N3O5/c1-32-20(29)10-9-19(28)26-14-7-8-15-18(13-14)24(31)27(12-4-11-25)22-16-5-2-3-6-17(16)23(30)21(15)22/h2-3,5-8,13H,4,9-12,25H2,1H3,(H,26,28). The number of nitrogens with two attached hydrogens (primary N) is 1. The summed E-state index contributed by atoms with van der Waals surface area (Å²) < 4.78 is 6.15. The largest absolute Gasteiger partial charge is 0.469 e. The van der Waals surface area contributed by atoms with E-state index in [1.165, 1.54) is 7.11 Å². The number of nitrogens with one attached hydrogen (secondary N) is 1. The van der Waals surface area contributed by atoms with Crippen LogP contribution in [0.2, 0.25) is 0 Å².